The molecule has 2 aromatic carbocycles. The van der Waals surface area contributed by atoms with Crippen molar-refractivity contribution in [2.45, 2.75) is 38.3 Å². The molecule has 1 unspecified atom stereocenters. The van der Waals surface area contributed by atoms with Crippen molar-refractivity contribution >= 4 is 28.3 Å². The van der Waals surface area contributed by atoms with Crippen molar-refractivity contribution < 1.29 is 23.1 Å². The van der Waals surface area contributed by atoms with Gasteiger partial charge in [0.1, 0.15) is 22.3 Å². The average molecular weight is 501 g/mol. The summed E-state index contributed by atoms with van der Waals surface area (Å²) >= 11 is 1.21. The molecule has 0 radical (unpaired) electrons. The maximum atomic E-state index is 13.8. The number of amides is 1. The lowest BCUT2D eigenvalue weighted by Gasteiger charge is -2.35. The number of likely N-dealkylation sites (tertiary alicyclic amines) is 1. The quantitative estimate of drug-likeness (QED) is 0.426. The number of benzene rings is 2. The second-order valence-corrected chi connectivity index (χ2v) is 9.73. The number of hydrogen-bond acceptors (Lipinski definition) is 5. The van der Waals surface area contributed by atoms with Crippen LogP contribution in [0.4, 0.5) is 13.2 Å². The first-order chi connectivity index (χ1) is 16.9. The number of piperidine rings is 1. The predicted octanol–water partition coefficient (Wildman–Crippen LogP) is 4.84. The molecule has 1 fully saturated rings. The van der Waals surface area contributed by atoms with Crippen LogP contribution in [0.3, 0.4) is 0 Å². The molecule has 1 saturated heterocycles. The highest BCUT2D eigenvalue weighted by Gasteiger charge is 2.32. The number of hydrogen-bond donors (Lipinski definition) is 1. The Labute approximate surface area is 203 Å². The molecular weight excluding hydrogens is 477 g/mol. The summed E-state index contributed by atoms with van der Waals surface area (Å²) in [7, 11) is 1.75. The van der Waals surface area contributed by atoms with Crippen LogP contribution >= 0.6 is 11.3 Å². The van der Waals surface area contributed by atoms with Crippen LogP contribution in [0, 0.1) is 17.5 Å². The zero-order valence-corrected chi connectivity index (χ0v) is 19.8. The molecule has 1 aliphatic heterocycles. The van der Waals surface area contributed by atoms with Crippen LogP contribution in [0.5, 0.6) is 0 Å². The summed E-state index contributed by atoms with van der Waals surface area (Å²) in [5.41, 5.74) is 1.73. The second-order valence-electron chi connectivity index (χ2n) is 8.64. The van der Waals surface area contributed by atoms with E-state index in [-0.39, 0.29) is 30.1 Å². The van der Waals surface area contributed by atoms with Gasteiger partial charge in [-0.25, -0.2) is 23.1 Å². The minimum Gasteiger partial charge on any atom is -0.389 e. The van der Waals surface area contributed by atoms with Gasteiger partial charge in [-0.15, -0.1) is 11.3 Å². The van der Waals surface area contributed by atoms with Gasteiger partial charge < -0.3 is 14.6 Å². The highest BCUT2D eigenvalue weighted by Crippen LogP contribution is 2.33. The summed E-state index contributed by atoms with van der Waals surface area (Å²) in [6, 6.07) is 7.86. The fraction of sp³-hybridized carbons (Fsp3) is 0.320. The number of nitrogens with zero attached hydrogens (tertiary/aromatic N) is 4. The number of carbonyl (C=O) groups excluding carboxylic acids is 1. The van der Waals surface area contributed by atoms with Gasteiger partial charge in [-0.05, 0) is 37.0 Å². The van der Waals surface area contributed by atoms with Gasteiger partial charge in [0.2, 0.25) is 0 Å². The SMILES string of the molecule is Cn1c(CC2CCCCN2C(=O)c2nc(CO)sc2-c2ccc(F)cc2)nc2cc(F)c(F)cc21. The molecule has 10 heteroatoms. The van der Waals surface area contributed by atoms with Crippen molar-refractivity contribution in [1.82, 2.24) is 19.4 Å². The lowest BCUT2D eigenvalue weighted by molar-refractivity contribution is 0.0605. The van der Waals surface area contributed by atoms with Crippen molar-refractivity contribution in [3.63, 3.8) is 0 Å². The number of halogens is 3. The largest absolute Gasteiger partial charge is 0.389 e. The summed E-state index contributed by atoms with van der Waals surface area (Å²) in [5.74, 6) is -1.90. The van der Waals surface area contributed by atoms with Gasteiger partial charge in [-0.1, -0.05) is 12.1 Å². The molecule has 1 aliphatic rings. The Morgan fingerprint density at radius 1 is 1.11 bits per heavy atom. The van der Waals surface area contributed by atoms with Gasteiger partial charge in [-0.2, -0.15) is 0 Å². The number of aliphatic hydroxyl groups is 1. The molecule has 6 nitrogen and oxygen atoms in total. The van der Waals surface area contributed by atoms with Crippen LogP contribution in [0.2, 0.25) is 0 Å². The number of fused-ring (bicyclic) bond motifs is 1. The molecule has 35 heavy (non-hydrogen) atoms. The highest BCUT2D eigenvalue weighted by atomic mass is 32.1. The van der Waals surface area contributed by atoms with Crippen LogP contribution in [0.15, 0.2) is 36.4 Å². The van der Waals surface area contributed by atoms with Crippen molar-refractivity contribution in [1.29, 1.82) is 0 Å². The van der Waals surface area contributed by atoms with Crippen molar-refractivity contribution in [3.8, 4) is 10.4 Å². The second kappa shape index (κ2) is 9.43. The average Bonchev–Trinajstić information content (AvgIpc) is 3.42. The molecular formula is C25H23F3N4O2S. The molecule has 2 aromatic heterocycles. The highest BCUT2D eigenvalue weighted by molar-refractivity contribution is 7.15. The van der Waals surface area contributed by atoms with Gasteiger partial charge in [0.05, 0.1) is 22.5 Å². The van der Waals surface area contributed by atoms with E-state index in [0.717, 1.165) is 31.4 Å². The van der Waals surface area contributed by atoms with Gasteiger partial charge in [0, 0.05) is 38.2 Å². The van der Waals surface area contributed by atoms with Crippen LogP contribution in [0.1, 0.15) is 40.6 Å². The normalized spacial score (nSPS) is 16.3. The molecule has 1 amide bonds. The van der Waals surface area contributed by atoms with Crippen LogP contribution < -0.4 is 0 Å². The van der Waals surface area contributed by atoms with Crippen LogP contribution in [-0.2, 0) is 20.1 Å². The minimum absolute atomic E-state index is 0.179. The smallest absolute Gasteiger partial charge is 0.274 e. The van der Waals surface area contributed by atoms with Gasteiger partial charge in [-0.3, -0.25) is 4.79 Å². The molecule has 5 rings (SSSR count). The van der Waals surface area contributed by atoms with E-state index in [9.17, 15) is 23.1 Å². The molecule has 1 N–H and O–H groups in total. The number of rotatable bonds is 5. The third-order valence-electron chi connectivity index (χ3n) is 6.44. The van der Waals surface area contributed by atoms with Crippen LogP contribution in [-0.4, -0.2) is 43.0 Å². The number of aliphatic hydroxyl groups excluding tert-OH is 1. The van der Waals surface area contributed by atoms with Crippen LogP contribution in [0.25, 0.3) is 21.5 Å². The van der Waals surface area contributed by atoms with E-state index in [2.05, 4.69) is 9.97 Å². The van der Waals surface area contributed by atoms with E-state index in [1.165, 1.54) is 23.5 Å². The fourth-order valence-corrected chi connectivity index (χ4v) is 5.54. The number of carbonyl (C=O) groups is 1. The van der Waals surface area contributed by atoms with Gasteiger partial charge >= 0.3 is 0 Å². The molecule has 0 aliphatic carbocycles. The predicted molar refractivity (Wildman–Crippen MR) is 126 cm³/mol. The Morgan fingerprint density at radius 2 is 1.86 bits per heavy atom. The Balaban J connectivity index is 1.47. The third-order valence-corrected chi connectivity index (χ3v) is 7.53. The lowest BCUT2D eigenvalue weighted by Crippen LogP contribution is -2.45. The Hall–Kier alpha value is -3.24. The molecule has 3 heterocycles. The number of thiazole rings is 1. The molecule has 1 atom stereocenters. The number of imidazole rings is 1. The summed E-state index contributed by atoms with van der Waals surface area (Å²) in [6.45, 7) is 0.230. The summed E-state index contributed by atoms with van der Waals surface area (Å²) in [4.78, 5) is 25.0. The summed E-state index contributed by atoms with van der Waals surface area (Å²) in [5, 5.41) is 10.0. The van der Waals surface area contributed by atoms with E-state index < -0.39 is 11.6 Å². The van der Waals surface area contributed by atoms with E-state index in [1.807, 2.05) is 0 Å². The first-order valence-corrected chi connectivity index (χ1v) is 12.1. The number of aromatic nitrogens is 3. The van der Waals surface area contributed by atoms with E-state index >= 15 is 0 Å². The van der Waals surface area contributed by atoms with E-state index in [4.69, 9.17) is 0 Å². The molecule has 4 aromatic rings. The monoisotopic (exact) mass is 500 g/mol. The molecule has 0 bridgehead atoms. The first-order valence-electron chi connectivity index (χ1n) is 11.3. The van der Waals surface area contributed by atoms with Gasteiger partial charge in [0.25, 0.3) is 5.91 Å². The molecule has 0 spiro atoms. The third kappa shape index (κ3) is 4.43. The molecule has 182 valence electrons. The fourth-order valence-electron chi connectivity index (χ4n) is 4.62. The van der Waals surface area contributed by atoms with Crippen molar-refractivity contribution in [3.05, 3.63) is 70.4 Å². The Kier molecular flexibility index (Phi) is 6.33. The maximum Gasteiger partial charge on any atom is 0.274 e. The number of aryl methyl sites for hydroxylation is 1. The molecule has 0 saturated carbocycles. The standard InChI is InChI=1S/C25H23F3N4O2S/c1-31-20-12-18(28)17(27)11-19(20)29-21(31)10-16-4-2-3-9-32(16)25(34)23-24(35-22(13-33)30-23)14-5-7-15(26)8-6-14/h5-8,11-12,16,33H,2-4,9-10,13H2,1H3. The zero-order chi connectivity index (χ0) is 24.7. The lowest BCUT2D eigenvalue weighted by atomic mass is 9.98. The van der Waals surface area contributed by atoms with E-state index in [0.29, 0.717) is 45.3 Å². The summed E-state index contributed by atoms with van der Waals surface area (Å²) in [6.07, 6.45) is 2.94. The zero-order valence-electron chi connectivity index (χ0n) is 19.0. The van der Waals surface area contributed by atoms with Crippen molar-refractivity contribution in [2.24, 2.45) is 7.05 Å². The summed E-state index contributed by atoms with van der Waals surface area (Å²) < 4.78 is 42.7. The van der Waals surface area contributed by atoms with E-state index in [1.54, 1.807) is 28.6 Å². The Bertz CT molecular complexity index is 1400. The first kappa shape index (κ1) is 23.5. The minimum atomic E-state index is -0.951. The maximum absolute atomic E-state index is 13.8. The van der Waals surface area contributed by atoms with Gasteiger partial charge in [0.15, 0.2) is 11.6 Å². The topological polar surface area (TPSA) is 71.2 Å². The van der Waals surface area contributed by atoms with Crippen molar-refractivity contribution in [2.75, 3.05) is 6.54 Å². The Morgan fingerprint density at radius 3 is 2.60 bits per heavy atom.